The average molecular weight is 272 g/mol. The molecule has 1 aliphatic carbocycles. The Labute approximate surface area is 123 Å². The number of ketones is 1. The van der Waals surface area contributed by atoms with E-state index >= 15 is 0 Å². The Bertz CT molecular complexity index is 441. The van der Waals surface area contributed by atoms with Crippen molar-refractivity contribution in [2.45, 2.75) is 77.0 Å². The minimum absolute atomic E-state index is 0.273. The molecule has 1 nitrogen and oxygen atoms in total. The summed E-state index contributed by atoms with van der Waals surface area (Å²) in [6.07, 6.45) is 10.9. The highest BCUT2D eigenvalue weighted by atomic mass is 16.1. The number of hydrogen-bond donors (Lipinski definition) is 0. The van der Waals surface area contributed by atoms with Crippen LogP contribution in [-0.2, 0) is 5.41 Å². The summed E-state index contributed by atoms with van der Waals surface area (Å²) in [5.41, 5.74) is 2.61. The predicted molar refractivity (Wildman–Crippen MR) is 85.4 cm³/mol. The number of Topliss-reactive ketones (excluding diaryl/α,β-unsaturated/α-hetero) is 1. The molecule has 0 N–H and O–H groups in total. The number of carbonyl (C=O) groups is 1. The van der Waals surface area contributed by atoms with Crippen molar-refractivity contribution in [3.8, 4) is 0 Å². The number of benzene rings is 1. The van der Waals surface area contributed by atoms with E-state index in [1.807, 2.05) is 19.1 Å². The molecule has 0 bridgehead atoms. The summed E-state index contributed by atoms with van der Waals surface area (Å²) in [6, 6.07) is 8.40. The van der Waals surface area contributed by atoms with Crippen molar-refractivity contribution in [1.29, 1.82) is 0 Å². The fourth-order valence-electron chi connectivity index (χ4n) is 3.78. The highest BCUT2D eigenvalue weighted by molar-refractivity contribution is 5.97. The van der Waals surface area contributed by atoms with Gasteiger partial charge >= 0.3 is 0 Å². The van der Waals surface area contributed by atoms with Gasteiger partial charge in [0.15, 0.2) is 5.78 Å². The van der Waals surface area contributed by atoms with E-state index in [-0.39, 0.29) is 5.41 Å². The van der Waals surface area contributed by atoms with Gasteiger partial charge in [0, 0.05) is 12.0 Å². The third-order valence-corrected chi connectivity index (χ3v) is 4.94. The normalized spacial score (nSPS) is 17.9. The van der Waals surface area contributed by atoms with Crippen LogP contribution in [0.5, 0.6) is 0 Å². The summed E-state index contributed by atoms with van der Waals surface area (Å²) >= 11 is 0. The molecule has 0 atom stereocenters. The molecule has 1 heteroatoms. The van der Waals surface area contributed by atoms with Gasteiger partial charge < -0.3 is 0 Å². The maximum atomic E-state index is 12.3. The van der Waals surface area contributed by atoms with E-state index in [4.69, 9.17) is 0 Å². The largest absolute Gasteiger partial charge is 0.294 e. The van der Waals surface area contributed by atoms with Gasteiger partial charge in [-0.1, -0.05) is 70.2 Å². The minimum Gasteiger partial charge on any atom is -0.294 e. The lowest BCUT2D eigenvalue weighted by molar-refractivity contribution is 0.0984. The van der Waals surface area contributed by atoms with Crippen LogP contribution in [0, 0.1) is 0 Å². The smallest absolute Gasteiger partial charge is 0.162 e. The first-order chi connectivity index (χ1) is 9.73. The van der Waals surface area contributed by atoms with Gasteiger partial charge in [0.25, 0.3) is 0 Å². The average Bonchev–Trinajstić information content (AvgIpc) is 2.53. The van der Waals surface area contributed by atoms with Crippen LogP contribution < -0.4 is 0 Å². The van der Waals surface area contributed by atoms with Gasteiger partial charge in [-0.25, -0.2) is 0 Å². The zero-order valence-electron chi connectivity index (χ0n) is 13.1. The first-order valence-electron chi connectivity index (χ1n) is 8.36. The standard InChI is InChI=1S/C19H28O/c1-3-5-13-19(14-9-6-10-15-19)17-12-8-7-11-16(17)18(20)4-2/h7-8,11-12H,3-6,9-10,13-15H2,1-2H3. The fraction of sp³-hybridized carbons (Fsp3) is 0.632. The highest BCUT2D eigenvalue weighted by Gasteiger charge is 2.35. The molecule has 0 radical (unpaired) electrons. The van der Waals surface area contributed by atoms with Crippen LogP contribution in [0.1, 0.15) is 87.6 Å². The zero-order valence-corrected chi connectivity index (χ0v) is 13.1. The number of carbonyl (C=O) groups excluding carboxylic acids is 1. The molecule has 0 unspecified atom stereocenters. The Kier molecular flexibility index (Phi) is 5.39. The van der Waals surface area contributed by atoms with Crippen molar-refractivity contribution >= 4 is 5.78 Å². The van der Waals surface area contributed by atoms with Crippen LogP contribution in [0.3, 0.4) is 0 Å². The first kappa shape index (κ1) is 15.3. The Hall–Kier alpha value is -1.11. The van der Waals surface area contributed by atoms with Crippen LogP contribution in [-0.4, -0.2) is 5.78 Å². The molecule has 1 aliphatic rings. The number of rotatable bonds is 6. The summed E-state index contributed by atoms with van der Waals surface area (Å²) in [5.74, 6) is 0.307. The molecule has 110 valence electrons. The van der Waals surface area contributed by atoms with Crippen LogP contribution in [0.15, 0.2) is 24.3 Å². The molecule has 1 saturated carbocycles. The number of hydrogen-bond acceptors (Lipinski definition) is 1. The third-order valence-electron chi connectivity index (χ3n) is 4.94. The van der Waals surface area contributed by atoms with Crippen molar-refractivity contribution in [3.05, 3.63) is 35.4 Å². The first-order valence-corrected chi connectivity index (χ1v) is 8.36. The van der Waals surface area contributed by atoms with Crippen molar-refractivity contribution in [1.82, 2.24) is 0 Å². The molecule has 0 amide bonds. The van der Waals surface area contributed by atoms with Gasteiger partial charge in [0.05, 0.1) is 0 Å². The van der Waals surface area contributed by atoms with Crippen LogP contribution in [0.2, 0.25) is 0 Å². The van der Waals surface area contributed by atoms with Crippen LogP contribution >= 0.6 is 0 Å². The van der Waals surface area contributed by atoms with Crippen molar-refractivity contribution in [3.63, 3.8) is 0 Å². The van der Waals surface area contributed by atoms with Crippen molar-refractivity contribution < 1.29 is 4.79 Å². The Morgan fingerprint density at radius 1 is 1.10 bits per heavy atom. The summed E-state index contributed by atoms with van der Waals surface area (Å²) in [7, 11) is 0. The Morgan fingerprint density at radius 3 is 2.45 bits per heavy atom. The lowest BCUT2D eigenvalue weighted by Gasteiger charge is -2.39. The van der Waals surface area contributed by atoms with Gasteiger partial charge in [0.1, 0.15) is 0 Å². The highest BCUT2D eigenvalue weighted by Crippen LogP contribution is 2.44. The quantitative estimate of drug-likeness (QED) is 0.610. The monoisotopic (exact) mass is 272 g/mol. The van der Waals surface area contributed by atoms with E-state index in [0.29, 0.717) is 12.2 Å². The third kappa shape index (κ3) is 3.13. The predicted octanol–water partition coefficient (Wildman–Crippen LogP) is 5.67. The van der Waals surface area contributed by atoms with Gasteiger partial charge in [-0.15, -0.1) is 0 Å². The molecule has 0 spiro atoms. The molecule has 0 aliphatic heterocycles. The summed E-state index contributed by atoms with van der Waals surface area (Å²) in [4.78, 5) is 12.3. The van der Waals surface area contributed by atoms with E-state index < -0.39 is 0 Å². The summed E-state index contributed by atoms with van der Waals surface area (Å²) in [5, 5.41) is 0. The molecule has 1 fully saturated rings. The molecule has 0 aromatic heterocycles. The van der Waals surface area contributed by atoms with E-state index in [1.54, 1.807) is 0 Å². The van der Waals surface area contributed by atoms with Crippen molar-refractivity contribution in [2.75, 3.05) is 0 Å². The van der Waals surface area contributed by atoms with E-state index in [9.17, 15) is 4.79 Å². The van der Waals surface area contributed by atoms with Gasteiger partial charge in [-0.2, -0.15) is 0 Å². The van der Waals surface area contributed by atoms with Gasteiger partial charge in [-0.3, -0.25) is 4.79 Å². The molecular weight excluding hydrogens is 244 g/mol. The molecule has 0 heterocycles. The van der Waals surface area contributed by atoms with E-state index in [0.717, 1.165) is 5.56 Å². The zero-order chi connectivity index (χ0) is 14.4. The second-order valence-corrected chi connectivity index (χ2v) is 6.27. The van der Waals surface area contributed by atoms with Crippen molar-refractivity contribution in [2.24, 2.45) is 0 Å². The topological polar surface area (TPSA) is 17.1 Å². The molecule has 1 aromatic rings. The van der Waals surface area contributed by atoms with Crippen LogP contribution in [0.4, 0.5) is 0 Å². The second kappa shape index (κ2) is 7.06. The number of unbranched alkanes of at least 4 members (excludes halogenated alkanes) is 1. The Morgan fingerprint density at radius 2 is 1.80 bits per heavy atom. The Balaban J connectivity index is 2.40. The van der Waals surface area contributed by atoms with Gasteiger partial charge in [0.2, 0.25) is 0 Å². The van der Waals surface area contributed by atoms with Gasteiger partial charge in [-0.05, 0) is 30.2 Å². The lowest BCUT2D eigenvalue weighted by Crippen LogP contribution is -2.31. The molecule has 1 aromatic carbocycles. The van der Waals surface area contributed by atoms with E-state index in [2.05, 4.69) is 19.1 Å². The summed E-state index contributed by atoms with van der Waals surface area (Å²) < 4.78 is 0. The molecule has 20 heavy (non-hydrogen) atoms. The van der Waals surface area contributed by atoms with Crippen LogP contribution in [0.25, 0.3) is 0 Å². The lowest BCUT2D eigenvalue weighted by atomic mass is 9.65. The molecular formula is C19H28O. The SMILES string of the molecule is CCCCC1(c2ccccc2C(=O)CC)CCCCC1. The molecule has 0 saturated heterocycles. The molecule has 2 rings (SSSR count). The maximum absolute atomic E-state index is 12.3. The fourth-order valence-corrected chi connectivity index (χ4v) is 3.78. The van der Waals surface area contributed by atoms with E-state index in [1.165, 1.54) is 56.9 Å². The summed E-state index contributed by atoms with van der Waals surface area (Å²) in [6.45, 7) is 4.23. The second-order valence-electron chi connectivity index (χ2n) is 6.27. The minimum atomic E-state index is 0.273. The maximum Gasteiger partial charge on any atom is 0.162 e.